The van der Waals surface area contributed by atoms with Gasteiger partial charge >= 0.3 is 11.9 Å². The molecule has 0 amide bonds. The van der Waals surface area contributed by atoms with Crippen LogP contribution in [0.2, 0.25) is 0 Å². The summed E-state index contributed by atoms with van der Waals surface area (Å²) < 4.78 is 27.8. The molecule has 0 aromatic heterocycles. The number of carbonyl (C=O) groups excluding carboxylic acids is 2. The number of methoxy groups -OCH3 is 1. The molecule has 2 aliphatic heterocycles. The van der Waals surface area contributed by atoms with Gasteiger partial charge in [-0.1, -0.05) is 19.9 Å². The molecule has 12 heteroatoms. The number of hydrogen-bond donors (Lipinski definition) is 5. The summed E-state index contributed by atoms with van der Waals surface area (Å²) in [5.41, 5.74) is 0.717. The Morgan fingerprint density at radius 3 is 2.49 bits per heavy atom. The second-order valence-corrected chi connectivity index (χ2v) is 10.7. The summed E-state index contributed by atoms with van der Waals surface area (Å²) in [6, 6.07) is 0. The number of esters is 2. The average Bonchev–Trinajstić information content (AvgIpc) is 3.24. The van der Waals surface area contributed by atoms with Crippen LogP contribution in [0.5, 0.6) is 0 Å². The first kappa shape index (κ1) is 31.5. The van der Waals surface area contributed by atoms with E-state index in [1.54, 1.807) is 6.92 Å². The lowest BCUT2D eigenvalue weighted by molar-refractivity contribution is -0.342. The van der Waals surface area contributed by atoms with Crippen LogP contribution in [0.15, 0.2) is 23.5 Å². The first-order valence-electron chi connectivity index (χ1n) is 13.4. The zero-order valence-corrected chi connectivity index (χ0v) is 22.8. The smallest absolute Gasteiger partial charge is 0.337 e. The molecule has 0 aromatic rings. The molecule has 1 saturated carbocycles. The van der Waals surface area contributed by atoms with Gasteiger partial charge in [0.15, 0.2) is 6.29 Å². The Morgan fingerprint density at radius 1 is 1.13 bits per heavy atom. The Labute approximate surface area is 228 Å². The number of fused-ring (bicyclic) bond motifs is 1. The van der Waals surface area contributed by atoms with E-state index in [1.165, 1.54) is 13.4 Å². The molecule has 0 spiro atoms. The SMILES string of the molecule is COC(=O)C1=COC(OC2OC(CO)C(O)C(O)C2O)C2C1CC(OC(=O)C(C)=CCCC(C)CCO)C2C. The zero-order chi connectivity index (χ0) is 28.9. The average molecular weight is 559 g/mol. The third-order valence-electron chi connectivity index (χ3n) is 8.04. The topological polar surface area (TPSA) is 181 Å². The van der Waals surface area contributed by atoms with Gasteiger partial charge in [0.2, 0.25) is 6.29 Å². The molecular formula is C27H42O12. The van der Waals surface area contributed by atoms with Crippen molar-refractivity contribution in [1.29, 1.82) is 0 Å². The van der Waals surface area contributed by atoms with Crippen LogP contribution in [0.3, 0.4) is 0 Å². The van der Waals surface area contributed by atoms with Crippen molar-refractivity contribution in [3.05, 3.63) is 23.5 Å². The van der Waals surface area contributed by atoms with Crippen molar-refractivity contribution >= 4 is 11.9 Å². The van der Waals surface area contributed by atoms with E-state index in [2.05, 4.69) is 0 Å². The Kier molecular flexibility index (Phi) is 11.3. The summed E-state index contributed by atoms with van der Waals surface area (Å²) in [7, 11) is 1.25. The van der Waals surface area contributed by atoms with Crippen molar-refractivity contribution in [2.24, 2.45) is 23.7 Å². The van der Waals surface area contributed by atoms with Crippen molar-refractivity contribution < 1.29 is 58.8 Å². The maximum absolute atomic E-state index is 12.9. The quantitative estimate of drug-likeness (QED) is 0.171. The summed E-state index contributed by atoms with van der Waals surface area (Å²) in [5.74, 6) is -2.06. The minimum Gasteiger partial charge on any atom is -0.472 e. The van der Waals surface area contributed by atoms with E-state index in [-0.39, 0.29) is 18.1 Å². The van der Waals surface area contributed by atoms with Crippen molar-refractivity contribution in [2.75, 3.05) is 20.3 Å². The summed E-state index contributed by atoms with van der Waals surface area (Å²) in [6.07, 6.45) is -3.51. The van der Waals surface area contributed by atoms with Gasteiger partial charge in [-0.3, -0.25) is 0 Å². The van der Waals surface area contributed by atoms with Crippen molar-refractivity contribution in [3.8, 4) is 0 Å². The highest BCUT2D eigenvalue weighted by atomic mass is 16.8. The van der Waals surface area contributed by atoms with E-state index >= 15 is 0 Å². The second-order valence-electron chi connectivity index (χ2n) is 10.7. The van der Waals surface area contributed by atoms with E-state index in [4.69, 9.17) is 28.8 Å². The second kappa shape index (κ2) is 14.0. The molecule has 1 aliphatic carbocycles. The molecular weight excluding hydrogens is 516 g/mol. The van der Waals surface area contributed by atoms with Crippen LogP contribution < -0.4 is 0 Å². The summed E-state index contributed by atoms with van der Waals surface area (Å²) in [5, 5.41) is 49.2. The first-order valence-corrected chi connectivity index (χ1v) is 13.4. The van der Waals surface area contributed by atoms with Gasteiger partial charge in [0, 0.05) is 29.9 Å². The van der Waals surface area contributed by atoms with Crippen molar-refractivity contribution in [3.63, 3.8) is 0 Å². The van der Waals surface area contributed by atoms with Crippen LogP contribution in [0.4, 0.5) is 0 Å². The summed E-state index contributed by atoms with van der Waals surface area (Å²) in [6.45, 7) is 5.07. The predicted molar refractivity (Wildman–Crippen MR) is 134 cm³/mol. The molecule has 0 radical (unpaired) electrons. The molecule has 0 aromatic carbocycles. The first-order chi connectivity index (χ1) is 18.5. The Bertz CT molecular complexity index is 901. The monoisotopic (exact) mass is 558 g/mol. The number of ether oxygens (including phenoxy) is 5. The molecule has 11 unspecified atom stereocenters. The number of rotatable bonds is 11. The van der Waals surface area contributed by atoms with E-state index in [0.29, 0.717) is 30.8 Å². The molecule has 3 aliphatic rings. The molecule has 5 N–H and O–H groups in total. The van der Waals surface area contributed by atoms with Gasteiger partial charge in [-0.15, -0.1) is 0 Å². The third kappa shape index (κ3) is 7.18. The largest absolute Gasteiger partial charge is 0.472 e. The van der Waals surface area contributed by atoms with Gasteiger partial charge in [-0.05, 0) is 38.5 Å². The summed E-state index contributed by atoms with van der Waals surface area (Å²) in [4.78, 5) is 25.4. The van der Waals surface area contributed by atoms with Crippen molar-refractivity contribution in [1.82, 2.24) is 0 Å². The predicted octanol–water partition coefficient (Wildman–Crippen LogP) is 0.145. The Morgan fingerprint density at radius 2 is 1.85 bits per heavy atom. The minimum atomic E-state index is -1.63. The zero-order valence-electron chi connectivity index (χ0n) is 22.8. The van der Waals surface area contributed by atoms with Gasteiger partial charge in [0.25, 0.3) is 0 Å². The number of carbonyl (C=O) groups is 2. The molecule has 2 heterocycles. The Balaban J connectivity index is 1.74. The highest BCUT2D eigenvalue weighted by molar-refractivity contribution is 5.89. The maximum atomic E-state index is 12.9. The van der Waals surface area contributed by atoms with E-state index in [9.17, 15) is 30.0 Å². The molecule has 2 fully saturated rings. The van der Waals surface area contributed by atoms with Crippen LogP contribution in [0.1, 0.15) is 46.5 Å². The lowest BCUT2D eigenvalue weighted by Crippen LogP contribution is -2.60. The Hall–Kier alpha value is -2.06. The van der Waals surface area contributed by atoms with Crippen LogP contribution in [-0.4, -0.2) is 101 Å². The fourth-order valence-electron chi connectivity index (χ4n) is 5.50. The molecule has 39 heavy (non-hydrogen) atoms. The van der Waals surface area contributed by atoms with Crippen LogP contribution in [-0.2, 0) is 33.3 Å². The van der Waals surface area contributed by atoms with Gasteiger partial charge in [0.05, 0.1) is 25.6 Å². The molecule has 12 nitrogen and oxygen atoms in total. The summed E-state index contributed by atoms with van der Waals surface area (Å²) >= 11 is 0. The highest BCUT2D eigenvalue weighted by Gasteiger charge is 2.54. The van der Waals surface area contributed by atoms with Crippen LogP contribution in [0.25, 0.3) is 0 Å². The highest BCUT2D eigenvalue weighted by Crippen LogP contribution is 2.48. The molecule has 222 valence electrons. The van der Waals surface area contributed by atoms with Crippen LogP contribution >= 0.6 is 0 Å². The van der Waals surface area contributed by atoms with E-state index in [0.717, 1.165) is 6.42 Å². The van der Waals surface area contributed by atoms with Gasteiger partial charge in [-0.2, -0.15) is 0 Å². The lowest BCUT2D eigenvalue weighted by Gasteiger charge is -2.43. The lowest BCUT2D eigenvalue weighted by atomic mass is 9.83. The normalized spacial score (nSPS) is 37.4. The van der Waals surface area contributed by atoms with E-state index < -0.39 is 73.5 Å². The maximum Gasteiger partial charge on any atom is 0.337 e. The van der Waals surface area contributed by atoms with E-state index in [1.807, 2.05) is 19.9 Å². The molecule has 3 rings (SSSR count). The molecule has 11 atom stereocenters. The standard InChI is InChI=1S/C27H42O12/c1-13(8-9-28)6-5-7-14(2)24(33)37-18-10-16-17(25(34)35-4)12-36-26(20(16)15(18)3)39-27-23(32)22(31)21(30)19(11-29)38-27/h7,12-13,15-16,18-23,26-32H,5-6,8-11H2,1-4H3. The number of aliphatic hydroxyl groups excluding tert-OH is 5. The molecule has 1 saturated heterocycles. The van der Waals surface area contributed by atoms with Gasteiger partial charge in [0.1, 0.15) is 30.5 Å². The third-order valence-corrected chi connectivity index (χ3v) is 8.04. The minimum absolute atomic E-state index is 0.126. The van der Waals surface area contributed by atoms with Crippen LogP contribution in [0, 0.1) is 23.7 Å². The number of hydrogen-bond acceptors (Lipinski definition) is 12. The number of allylic oxidation sites excluding steroid dienone is 1. The molecule has 0 bridgehead atoms. The van der Waals surface area contributed by atoms with Gasteiger partial charge < -0.3 is 49.2 Å². The fraction of sp³-hybridized carbons (Fsp3) is 0.778. The van der Waals surface area contributed by atoms with Crippen molar-refractivity contribution in [2.45, 2.75) is 89.6 Å². The fourth-order valence-corrected chi connectivity index (χ4v) is 5.50. The van der Waals surface area contributed by atoms with Gasteiger partial charge in [-0.25, -0.2) is 9.59 Å². The number of aliphatic hydroxyl groups is 5.